The van der Waals surface area contributed by atoms with Crippen molar-refractivity contribution in [2.75, 3.05) is 23.3 Å². The maximum atomic E-state index is 11.7. The van der Waals surface area contributed by atoms with E-state index in [4.69, 9.17) is 5.73 Å². The fourth-order valence-electron chi connectivity index (χ4n) is 1.34. The van der Waals surface area contributed by atoms with Gasteiger partial charge in [-0.2, -0.15) is 0 Å². The van der Waals surface area contributed by atoms with Crippen molar-refractivity contribution in [3.8, 4) is 0 Å². The Balaban J connectivity index is 2.59. The molecule has 0 aliphatic carbocycles. The van der Waals surface area contributed by atoms with E-state index in [1.807, 2.05) is 0 Å². The summed E-state index contributed by atoms with van der Waals surface area (Å²) in [5.74, 6) is -0.394. The predicted molar refractivity (Wildman–Crippen MR) is 72.0 cm³/mol. The number of hydrogen-bond acceptors (Lipinski definition) is 6. The van der Waals surface area contributed by atoms with Crippen molar-refractivity contribution in [1.29, 1.82) is 0 Å². The lowest BCUT2D eigenvalue weighted by atomic mass is 10.2. The summed E-state index contributed by atoms with van der Waals surface area (Å²) in [5, 5.41) is 0. The molecule has 19 heavy (non-hydrogen) atoms. The van der Waals surface area contributed by atoms with Crippen LogP contribution in [0.2, 0.25) is 0 Å². The summed E-state index contributed by atoms with van der Waals surface area (Å²) in [6.07, 6.45) is 1.64. The van der Waals surface area contributed by atoms with E-state index in [0.29, 0.717) is 5.69 Å². The molecule has 0 fully saturated rings. The summed E-state index contributed by atoms with van der Waals surface area (Å²) in [6.45, 7) is 1.76. The first kappa shape index (κ1) is 15.2. The van der Waals surface area contributed by atoms with Gasteiger partial charge < -0.3 is 10.5 Å². The van der Waals surface area contributed by atoms with E-state index >= 15 is 0 Å². The van der Waals surface area contributed by atoms with E-state index < -0.39 is 16.0 Å². The number of nitrogens with one attached hydrogen (secondary N) is 1. The third-order valence-electron chi connectivity index (χ3n) is 2.43. The highest BCUT2D eigenvalue weighted by Crippen LogP contribution is 2.14. The fraction of sp³-hybridized carbons (Fsp3) is 0.455. The van der Waals surface area contributed by atoms with Crippen LogP contribution >= 0.6 is 0 Å². The molecule has 3 N–H and O–H groups in total. The number of esters is 1. The third kappa shape index (κ3) is 5.12. The van der Waals surface area contributed by atoms with Crippen LogP contribution in [0.5, 0.6) is 0 Å². The van der Waals surface area contributed by atoms with Crippen LogP contribution in [-0.2, 0) is 19.6 Å². The van der Waals surface area contributed by atoms with Crippen molar-refractivity contribution in [2.45, 2.75) is 19.8 Å². The lowest BCUT2D eigenvalue weighted by Gasteiger charge is -2.08. The van der Waals surface area contributed by atoms with Crippen LogP contribution in [0.25, 0.3) is 0 Å². The number of carbonyl (C=O) groups is 1. The molecular formula is C11H17N3O4S. The number of nitrogens with zero attached hydrogens (tertiary/aromatic N) is 1. The smallest absolute Gasteiger partial charge is 0.305 e. The van der Waals surface area contributed by atoms with Crippen LogP contribution in [0.15, 0.2) is 12.3 Å². The molecule has 106 valence electrons. The second-order valence-electron chi connectivity index (χ2n) is 4.03. The largest absolute Gasteiger partial charge is 0.469 e. The number of nitrogens with two attached hydrogens (primary N) is 1. The molecule has 1 aromatic heterocycles. The van der Waals surface area contributed by atoms with Crippen LogP contribution in [0.1, 0.15) is 18.4 Å². The number of aryl methyl sites for hydroxylation is 1. The Labute approximate surface area is 112 Å². The van der Waals surface area contributed by atoms with Crippen molar-refractivity contribution in [3.63, 3.8) is 0 Å². The summed E-state index contributed by atoms with van der Waals surface area (Å²) < 4.78 is 30.2. The maximum Gasteiger partial charge on any atom is 0.305 e. The highest BCUT2D eigenvalue weighted by Gasteiger charge is 2.13. The first-order chi connectivity index (χ1) is 8.84. The first-order valence-electron chi connectivity index (χ1n) is 5.63. The van der Waals surface area contributed by atoms with Gasteiger partial charge in [0, 0.05) is 6.42 Å². The van der Waals surface area contributed by atoms with Gasteiger partial charge in [-0.25, -0.2) is 13.4 Å². The SMILES string of the molecule is COC(=O)CCCS(=O)(=O)Nc1cc(C)c(N)cn1. The lowest BCUT2D eigenvalue weighted by Crippen LogP contribution is -2.18. The van der Waals surface area contributed by atoms with Crippen LogP contribution in [-0.4, -0.2) is 32.2 Å². The van der Waals surface area contributed by atoms with Gasteiger partial charge in [-0.05, 0) is 25.0 Å². The number of carbonyl (C=O) groups excluding carboxylic acids is 1. The maximum absolute atomic E-state index is 11.7. The summed E-state index contributed by atoms with van der Waals surface area (Å²) in [7, 11) is -2.27. The van der Waals surface area contributed by atoms with Gasteiger partial charge in [-0.3, -0.25) is 9.52 Å². The number of nitrogen functional groups attached to an aromatic ring is 1. The number of hydrogen-bond donors (Lipinski definition) is 2. The molecule has 0 saturated carbocycles. The molecule has 0 saturated heterocycles. The predicted octanol–water partition coefficient (Wildman–Crippen LogP) is 0.667. The van der Waals surface area contributed by atoms with Gasteiger partial charge in [0.15, 0.2) is 0 Å². The Morgan fingerprint density at radius 2 is 2.21 bits per heavy atom. The van der Waals surface area contributed by atoms with Crippen molar-refractivity contribution in [2.24, 2.45) is 0 Å². The zero-order chi connectivity index (χ0) is 14.5. The van der Waals surface area contributed by atoms with Gasteiger partial charge in [-0.1, -0.05) is 0 Å². The number of aromatic nitrogens is 1. The van der Waals surface area contributed by atoms with Gasteiger partial charge in [0.25, 0.3) is 0 Å². The monoisotopic (exact) mass is 287 g/mol. The second-order valence-corrected chi connectivity index (χ2v) is 5.87. The molecule has 0 spiro atoms. The Morgan fingerprint density at radius 3 is 2.79 bits per heavy atom. The Morgan fingerprint density at radius 1 is 1.53 bits per heavy atom. The average Bonchev–Trinajstić information content (AvgIpc) is 2.33. The van der Waals surface area contributed by atoms with Crippen molar-refractivity contribution in [1.82, 2.24) is 4.98 Å². The molecular weight excluding hydrogens is 270 g/mol. The van der Waals surface area contributed by atoms with Crippen molar-refractivity contribution >= 4 is 27.5 Å². The molecule has 0 aromatic carbocycles. The normalized spacial score (nSPS) is 11.1. The zero-order valence-electron chi connectivity index (χ0n) is 10.8. The van der Waals surface area contributed by atoms with Crippen molar-refractivity contribution in [3.05, 3.63) is 17.8 Å². The summed E-state index contributed by atoms with van der Waals surface area (Å²) >= 11 is 0. The zero-order valence-corrected chi connectivity index (χ0v) is 11.7. The van der Waals surface area contributed by atoms with Gasteiger partial charge in [-0.15, -0.1) is 0 Å². The third-order valence-corrected chi connectivity index (χ3v) is 3.78. The van der Waals surface area contributed by atoms with Gasteiger partial charge in [0.05, 0.1) is 24.7 Å². The molecule has 0 amide bonds. The summed E-state index contributed by atoms with van der Waals surface area (Å²) in [6, 6.07) is 1.55. The molecule has 0 aliphatic rings. The molecule has 1 aromatic rings. The van der Waals surface area contributed by atoms with Gasteiger partial charge in [0.1, 0.15) is 5.82 Å². The lowest BCUT2D eigenvalue weighted by molar-refractivity contribution is -0.140. The second kappa shape index (κ2) is 6.37. The molecule has 0 aliphatic heterocycles. The van der Waals surface area contributed by atoms with Crippen LogP contribution < -0.4 is 10.5 Å². The Hall–Kier alpha value is -1.83. The minimum atomic E-state index is -3.53. The average molecular weight is 287 g/mol. The molecule has 0 radical (unpaired) electrons. The van der Waals surface area contributed by atoms with E-state index in [-0.39, 0.29) is 24.4 Å². The minimum Gasteiger partial charge on any atom is -0.469 e. The van der Waals surface area contributed by atoms with Crippen LogP contribution in [0, 0.1) is 6.92 Å². The molecule has 7 nitrogen and oxygen atoms in total. The fourth-order valence-corrected chi connectivity index (χ4v) is 2.40. The van der Waals surface area contributed by atoms with Crippen LogP contribution in [0.3, 0.4) is 0 Å². The molecule has 1 heterocycles. The number of pyridine rings is 1. The van der Waals surface area contributed by atoms with E-state index in [9.17, 15) is 13.2 Å². The van der Waals surface area contributed by atoms with E-state index in [2.05, 4.69) is 14.4 Å². The summed E-state index contributed by atoms with van der Waals surface area (Å²) in [4.78, 5) is 14.8. The number of anilines is 2. The number of methoxy groups -OCH3 is 1. The van der Waals surface area contributed by atoms with E-state index in [1.165, 1.54) is 13.3 Å². The molecule has 0 unspecified atom stereocenters. The first-order valence-corrected chi connectivity index (χ1v) is 7.28. The number of rotatable bonds is 6. The number of ether oxygens (including phenoxy) is 1. The molecule has 1 rings (SSSR count). The van der Waals surface area contributed by atoms with Gasteiger partial charge >= 0.3 is 5.97 Å². The standard InChI is InChI=1S/C11H17N3O4S/c1-8-6-10(13-7-9(8)12)14-19(16,17)5-3-4-11(15)18-2/h6-7H,3-5,12H2,1-2H3,(H,13,14). The topological polar surface area (TPSA) is 111 Å². The quantitative estimate of drug-likeness (QED) is 0.744. The van der Waals surface area contributed by atoms with E-state index in [0.717, 1.165) is 5.56 Å². The van der Waals surface area contributed by atoms with Crippen molar-refractivity contribution < 1.29 is 17.9 Å². The van der Waals surface area contributed by atoms with Gasteiger partial charge in [0.2, 0.25) is 10.0 Å². The molecule has 8 heteroatoms. The molecule has 0 atom stereocenters. The Kier molecular flexibility index (Phi) is 5.11. The van der Waals surface area contributed by atoms with E-state index in [1.54, 1.807) is 13.0 Å². The van der Waals surface area contributed by atoms with Crippen LogP contribution in [0.4, 0.5) is 11.5 Å². The summed E-state index contributed by atoms with van der Waals surface area (Å²) in [5.41, 5.74) is 6.82. The molecule has 0 bridgehead atoms. The minimum absolute atomic E-state index is 0.0611. The number of sulfonamides is 1. The highest BCUT2D eigenvalue weighted by molar-refractivity contribution is 7.92. The highest BCUT2D eigenvalue weighted by atomic mass is 32.2. The Bertz CT molecular complexity index is 557.